The van der Waals surface area contributed by atoms with Crippen LogP contribution in [0.15, 0.2) is 0 Å². The van der Waals surface area contributed by atoms with E-state index in [2.05, 4.69) is 6.92 Å². The second kappa shape index (κ2) is 5.53. The van der Waals surface area contributed by atoms with Crippen LogP contribution in [0.5, 0.6) is 0 Å². The van der Waals surface area contributed by atoms with E-state index in [-0.39, 0.29) is 0 Å². The Morgan fingerprint density at radius 1 is 1.80 bits per heavy atom. The van der Waals surface area contributed by atoms with Gasteiger partial charge in [0.1, 0.15) is 0 Å². The number of rotatable bonds is 2. The van der Waals surface area contributed by atoms with E-state index < -0.39 is 44.9 Å². The molecule has 0 bridgehead atoms. The third kappa shape index (κ3) is 5.53. The van der Waals surface area contributed by atoms with Crippen LogP contribution in [0.4, 0.5) is 0 Å². The zero-order chi connectivity index (χ0) is 4.12. The Morgan fingerprint density at radius 3 is 2.40 bits per heavy atom. The molecule has 0 saturated carbocycles. The van der Waals surface area contributed by atoms with E-state index in [1.807, 2.05) is 0 Å². The normalized spacial score (nSPS) is 6.80. The van der Waals surface area contributed by atoms with E-state index in [9.17, 15) is 0 Å². The van der Waals surface area contributed by atoms with Gasteiger partial charge in [-0.15, -0.1) is 0 Å². The van der Waals surface area contributed by atoms with Crippen LogP contribution in [0.25, 0.3) is 0 Å². The molecule has 5 heavy (non-hydrogen) atoms. The summed E-state index contributed by atoms with van der Waals surface area (Å²) in [6.07, 6.45) is 1.19. The maximum atomic E-state index is 8.29. The van der Waals surface area contributed by atoms with Crippen molar-refractivity contribution in [3.05, 3.63) is 0 Å². The van der Waals surface area contributed by atoms with Gasteiger partial charge in [0, 0.05) is 0 Å². The van der Waals surface area contributed by atoms with Gasteiger partial charge in [-0.05, 0) is 0 Å². The molecule has 0 aliphatic heterocycles. The van der Waals surface area contributed by atoms with Gasteiger partial charge in [-0.2, -0.15) is 0 Å². The fraction of sp³-hybridized carbons (Fsp3) is 1.00. The topological polar surface area (TPSA) is 20.2 Å². The van der Waals surface area contributed by atoms with E-state index >= 15 is 0 Å². The van der Waals surface area contributed by atoms with Crippen molar-refractivity contribution in [1.82, 2.24) is 0 Å². The Labute approximate surface area is 58.4 Å². The standard InChI is InChI=1S/C3H7.Ba.H2O/c1-3-2;;/h1,3H2,2H3;;1H2/q;+1;/p-1. The predicted molar refractivity (Wildman–Crippen MR) is 23.1 cm³/mol. The molecule has 28 valence electrons. The summed E-state index contributed by atoms with van der Waals surface area (Å²) in [5, 5.41) is 0. The summed E-state index contributed by atoms with van der Waals surface area (Å²) in [6, 6.07) is 0. The molecule has 0 heterocycles. The van der Waals surface area contributed by atoms with Gasteiger partial charge < -0.3 is 0 Å². The van der Waals surface area contributed by atoms with E-state index in [0.29, 0.717) is 0 Å². The molecule has 0 aliphatic rings. The van der Waals surface area contributed by atoms with Crippen molar-refractivity contribution in [3.8, 4) is 0 Å². The Bertz CT molecular complexity index is 14.4. The molecule has 0 radical (unpaired) electrons. The van der Waals surface area contributed by atoms with E-state index in [4.69, 9.17) is 0.427 Å². The van der Waals surface area contributed by atoms with Crippen LogP contribution in [0.3, 0.4) is 0 Å². The Kier molecular flexibility index (Phi) is 7.23. The predicted octanol–water partition coefficient (Wildman–Crippen LogP) is 0.426. The number of hydrogen-bond acceptors (Lipinski definition) is 1. The number of hydrogen-bond donors (Lipinski definition) is 1. The molecule has 0 atom stereocenters. The molecule has 0 fully saturated rings. The third-order valence-corrected chi connectivity index (χ3v) is 3.72. The second-order valence-corrected chi connectivity index (χ2v) is 4.70. The van der Waals surface area contributed by atoms with Crippen molar-refractivity contribution in [1.29, 1.82) is 0 Å². The van der Waals surface area contributed by atoms with Gasteiger partial charge in [-0.25, -0.2) is 0 Å². The fourth-order valence-corrected chi connectivity index (χ4v) is 1.15. The molecule has 0 aliphatic carbocycles. The first kappa shape index (κ1) is 6.53. The van der Waals surface area contributed by atoms with E-state index in [1.54, 1.807) is 0 Å². The quantitative estimate of drug-likeness (QED) is 0.637. The van der Waals surface area contributed by atoms with Crippen molar-refractivity contribution < 1.29 is 0.427 Å². The first-order valence-corrected chi connectivity index (χ1v) is 7.15. The summed E-state index contributed by atoms with van der Waals surface area (Å²) in [6.45, 7) is 2.11. The molecule has 0 aromatic carbocycles. The maximum absolute atomic E-state index is 8.29. The molecule has 0 saturated heterocycles. The average molecular weight is 197 g/mol. The third-order valence-electron chi connectivity index (χ3n) is 0.512. The summed E-state index contributed by atoms with van der Waals surface area (Å²) >= 11 is -1.14. The first-order chi connectivity index (χ1) is 2.41. The fourth-order valence-electron chi connectivity index (χ4n) is 0.158. The summed E-state index contributed by atoms with van der Waals surface area (Å²) in [7, 11) is 0. The molecule has 0 amide bonds. The van der Waals surface area contributed by atoms with Crippen molar-refractivity contribution >= 4 is 44.9 Å². The van der Waals surface area contributed by atoms with Crippen molar-refractivity contribution in [3.63, 3.8) is 0 Å². The molecule has 1 nitrogen and oxygen atoms in total. The summed E-state index contributed by atoms with van der Waals surface area (Å²) in [4.78, 5) is 0. The average Bonchev–Trinajstić information content (AvgIpc) is 1.41. The monoisotopic (exact) mass is 198 g/mol. The summed E-state index contributed by atoms with van der Waals surface area (Å²) < 4.78 is 9.46. The first-order valence-electron chi connectivity index (χ1n) is 2.02. The second-order valence-electron chi connectivity index (χ2n) is 1.08. The Morgan fingerprint density at radius 2 is 2.40 bits per heavy atom. The Hall–Kier alpha value is 1.53. The van der Waals surface area contributed by atoms with Gasteiger partial charge >= 0.3 is 59.5 Å². The molecule has 0 aromatic rings. The molecule has 0 spiro atoms. The van der Waals surface area contributed by atoms with Crippen LogP contribution in [0.1, 0.15) is 13.3 Å². The zero-order valence-electron chi connectivity index (χ0n) is 3.57. The molecular formula is C3H8BaO. The van der Waals surface area contributed by atoms with E-state index in [1.165, 1.54) is 7.31 Å². The van der Waals surface area contributed by atoms with E-state index in [0.717, 1.165) is 0 Å². The van der Waals surface area contributed by atoms with Gasteiger partial charge in [-0.1, -0.05) is 0 Å². The van der Waals surface area contributed by atoms with Crippen LogP contribution in [-0.2, 0) is 0 Å². The van der Waals surface area contributed by atoms with Crippen molar-refractivity contribution in [2.75, 3.05) is 0 Å². The van der Waals surface area contributed by atoms with Crippen LogP contribution in [0, 0.1) is 0 Å². The van der Waals surface area contributed by atoms with Crippen LogP contribution >= 0.6 is 0 Å². The molecular weight excluding hydrogens is 189 g/mol. The Balaban J connectivity index is 2.19. The zero-order valence-corrected chi connectivity index (χ0v) is 8.01. The molecule has 2 heteroatoms. The summed E-state index contributed by atoms with van der Waals surface area (Å²) in [5.74, 6) is 0. The van der Waals surface area contributed by atoms with Gasteiger partial charge in [0.05, 0.1) is 0 Å². The van der Waals surface area contributed by atoms with Gasteiger partial charge in [0.25, 0.3) is 0 Å². The molecule has 1 N–H and O–H groups in total. The minimum absolute atomic E-state index is 1.14. The van der Waals surface area contributed by atoms with Crippen LogP contribution in [-0.4, -0.2) is 45.3 Å². The minimum atomic E-state index is -1.14. The van der Waals surface area contributed by atoms with Crippen LogP contribution < -0.4 is 0 Å². The van der Waals surface area contributed by atoms with Gasteiger partial charge in [0.15, 0.2) is 0 Å². The molecule has 0 unspecified atom stereocenters. The molecule has 0 rings (SSSR count). The molecule has 0 aromatic heterocycles. The van der Waals surface area contributed by atoms with Crippen molar-refractivity contribution in [2.24, 2.45) is 0 Å². The van der Waals surface area contributed by atoms with Crippen molar-refractivity contribution in [2.45, 2.75) is 14.2 Å². The summed E-state index contributed by atoms with van der Waals surface area (Å²) in [5.41, 5.74) is 0. The van der Waals surface area contributed by atoms with Gasteiger partial charge in [0.2, 0.25) is 0 Å². The van der Waals surface area contributed by atoms with Gasteiger partial charge in [-0.3, -0.25) is 0 Å². The SMILES string of the molecule is CC[CH2][Ba][OH]. The van der Waals surface area contributed by atoms with Crippen LogP contribution in [0.2, 0.25) is 0.889 Å².